The van der Waals surface area contributed by atoms with E-state index in [0.29, 0.717) is 0 Å². The van der Waals surface area contributed by atoms with Crippen LogP contribution in [0.3, 0.4) is 0 Å². The van der Waals surface area contributed by atoms with Crippen LogP contribution in [0.2, 0.25) is 5.02 Å². The molecule has 0 aliphatic carbocycles. The van der Waals surface area contributed by atoms with Gasteiger partial charge in [0, 0.05) is 32.1 Å². The molecule has 2 nitrogen and oxygen atoms in total. The van der Waals surface area contributed by atoms with Gasteiger partial charge >= 0.3 is 0 Å². The molecular formula is C30H17ClO2. The van der Waals surface area contributed by atoms with Crippen LogP contribution in [0.1, 0.15) is 0 Å². The number of hydrogen-bond donors (Lipinski definition) is 0. The summed E-state index contributed by atoms with van der Waals surface area (Å²) in [5.41, 5.74) is 7.80. The van der Waals surface area contributed by atoms with E-state index in [9.17, 15) is 0 Å². The Morgan fingerprint density at radius 2 is 1.18 bits per heavy atom. The second kappa shape index (κ2) is 6.99. The Hall–Kier alpha value is -4.01. The SMILES string of the molecule is Clc1ccc(-c2cc(-c3cccc4c3oc3ccccc34)c3c(c2)oc2ccccc23)cc1. The van der Waals surface area contributed by atoms with Crippen molar-refractivity contribution in [3.63, 3.8) is 0 Å². The van der Waals surface area contributed by atoms with Crippen LogP contribution in [-0.4, -0.2) is 0 Å². The van der Waals surface area contributed by atoms with Gasteiger partial charge in [-0.25, -0.2) is 0 Å². The van der Waals surface area contributed by atoms with Crippen molar-refractivity contribution in [1.29, 1.82) is 0 Å². The fraction of sp³-hybridized carbons (Fsp3) is 0. The first-order valence-electron chi connectivity index (χ1n) is 10.9. The van der Waals surface area contributed by atoms with Gasteiger partial charge in [0.05, 0.1) is 0 Å². The zero-order valence-electron chi connectivity index (χ0n) is 17.5. The van der Waals surface area contributed by atoms with Gasteiger partial charge in [-0.3, -0.25) is 0 Å². The van der Waals surface area contributed by atoms with E-state index in [1.807, 2.05) is 54.6 Å². The van der Waals surface area contributed by atoms with E-state index in [4.69, 9.17) is 20.4 Å². The lowest BCUT2D eigenvalue weighted by Crippen LogP contribution is -1.85. The Morgan fingerprint density at radius 3 is 2.00 bits per heavy atom. The molecule has 0 amide bonds. The predicted octanol–water partition coefficient (Wildman–Crippen LogP) is 9.47. The molecule has 0 saturated carbocycles. The van der Waals surface area contributed by atoms with Gasteiger partial charge in [0.2, 0.25) is 0 Å². The summed E-state index contributed by atoms with van der Waals surface area (Å²) in [5, 5.41) is 5.14. The van der Waals surface area contributed by atoms with Gasteiger partial charge in [-0.1, -0.05) is 78.3 Å². The largest absolute Gasteiger partial charge is 0.456 e. The van der Waals surface area contributed by atoms with E-state index in [2.05, 4.69) is 48.5 Å². The topological polar surface area (TPSA) is 26.3 Å². The van der Waals surface area contributed by atoms with Gasteiger partial charge in [-0.2, -0.15) is 0 Å². The average molecular weight is 445 g/mol. The van der Waals surface area contributed by atoms with Crippen molar-refractivity contribution >= 4 is 55.5 Å². The fourth-order valence-corrected chi connectivity index (χ4v) is 4.96. The van der Waals surface area contributed by atoms with Gasteiger partial charge in [-0.15, -0.1) is 0 Å². The van der Waals surface area contributed by atoms with Crippen molar-refractivity contribution in [3.05, 3.63) is 108 Å². The average Bonchev–Trinajstić information content (AvgIpc) is 3.42. The molecule has 7 rings (SSSR count). The van der Waals surface area contributed by atoms with E-state index in [1.54, 1.807) is 0 Å². The van der Waals surface area contributed by atoms with Gasteiger partial charge in [0.25, 0.3) is 0 Å². The minimum absolute atomic E-state index is 0.718. The summed E-state index contributed by atoms with van der Waals surface area (Å²) in [5.74, 6) is 0. The Labute approximate surface area is 194 Å². The molecule has 156 valence electrons. The molecule has 0 aliphatic rings. The minimum Gasteiger partial charge on any atom is -0.456 e. The molecule has 0 unspecified atom stereocenters. The highest BCUT2D eigenvalue weighted by atomic mass is 35.5. The van der Waals surface area contributed by atoms with Crippen LogP contribution >= 0.6 is 11.6 Å². The fourth-order valence-electron chi connectivity index (χ4n) is 4.84. The summed E-state index contributed by atoms with van der Waals surface area (Å²) in [4.78, 5) is 0. The van der Waals surface area contributed by atoms with Crippen LogP contribution in [0.25, 0.3) is 66.1 Å². The monoisotopic (exact) mass is 444 g/mol. The Morgan fingerprint density at radius 1 is 0.485 bits per heavy atom. The maximum Gasteiger partial charge on any atom is 0.143 e. The van der Waals surface area contributed by atoms with Crippen molar-refractivity contribution in [2.75, 3.05) is 0 Å². The molecule has 33 heavy (non-hydrogen) atoms. The minimum atomic E-state index is 0.718. The summed E-state index contributed by atoms with van der Waals surface area (Å²) in [6.07, 6.45) is 0. The van der Waals surface area contributed by atoms with E-state index in [0.717, 1.165) is 71.2 Å². The summed E-state index contributed by atoms with van der Waals surface area (Å²) >= 11 is 6.15. The number of hydrogen-bond acceptors (Lipinski definition) is 2. The number of benzene rings is 5. The quantitative estimate of drug-likeness (QED) is 0.265. The van der Waals surface area contributed by atoms with Crippen molar-refractivity contribution in [3.8, 4) is 22.3 Å². The maximum absolute atomic E-state index is 6.39. The molecule has 2 aromatic heterocycles. The molecule has 2 heterocycles. The van der Waals surface area contributed by atoms with E-state index >= 15 is 0 Å². The summed E-state index contributed by atoms with van der Waals surface area (Å²) < 4.78 is 12.7. The van der Waals surface area contributed by atoms with Gasteiger partial charge in [-0.05, 0) is 53.1 Å². The number of fused-ring (bicyclic) bond motifs is 6. The number of furan rings is 2. The third-order valence-corrected chi connectivity index (χ3v) is 6.60. The first kappa shape index (κ1) is 18.6. The lowest BCUT2D eigenvalue weighted by molar-refractivity contribution is 0.669. The summed E-state index contributed by atoms with van der Waals surface area (Å²) in [6.45, 7) is 0. The molecule has 5 aromatic carbocycles. The highest BCUT2D eigenvalue weighted by Crippen LogP contribution is 2.43. The normalized spacial score (nSPS) is 11.8. The standard InChI is InChI=1S/C30H17ClO2/c31-20-14-12-18(13-15-20)19-16-25(29-24-7-2-4-11-27(24)32-28(29)17-19)23-9-5-8-22-21-6-1-3-10-26(21)33-30(22)23/h1-17H. The van der Waals surface area contributed by atoms with Crippen molar-refractivity contribution in [1.82, 2.24) is 0 Å². The number of halogens is 1. The number of rotatable bonds is 2. The molecular weight excluding hydrogens is 428 g/mol. The van der Waals surface area contributed by atoms with Crippen LogP contribution in [0, 0.1) is 0 Å². The molecule has 7 aromatic rings. The molecule has 0 aliphatic heterocycles. The smallest absolute Gasteiger partial charge is 0.143 e. The Kier molecular flexibility index (Phi) is 3.93. The highest BCUT2D eigenvalue weighted by Gasteiger charge is 2.19. The molecule has 0 fully saturated rings. The zero-order valence-corrected chi connectivity index (χ0v) is 18.3. The van der Waals surface area contributed by atoms with Crippen LogP contribution in [0.5, 0.6) is 0 Å². The molecule has 3 heteroatoms. The van der Waals surface area contributed by atoms with Gasteiger partial charge in [0.15, 0.2) is 0 Å². The molecule has 0 radical (unpaired) electrons. The van der Waals surface area contributed by atoms with Crippen LogP contribution < -0.4 is 0 Å². The second-order valence-electron chi connectivity index (χ2n) is 8.28. The maximum atomic E-state index is 6.39. The van der Waals surface area contributed by atoms with Crippen molar-refractivity contribution in [2.45, 2.75) is 0 Å². The zero-order chi connectivity index (χ0) is 21.9. The first-order chi connectivity index (χ1) is 16.3. The molecule has 0 bridgehead atoms. The lowest BCUT2D eigenvalue weighted by atomic mass is 9.93. The Balaban J connectivity index is 1.62. The third-order valence-electron chi connectivity index (χ3n) is 6.35. The van der Waals surface area contributed by atoms with Crippen molar-refractivity contribution in [2.24, 2.45) is 0 Å². The summed E-state index contributed by atoms with van der Waals surface area (Å²) in [6, 6.07) is 35.0. The second-order valence-corrected chi connectivity index (χ2v) is 8.72. The lowest BCUT2D eigenvalue weighted by Gasteiger charge is -2.09. The van der Waals surface area contributed by atoms with E-state index in [-0.39, 0.29) is 0 Å². The predicted molar refractivity (Wildman–Crippen MR) is 137 cm³/mol. The summed E-state index contributed by atoms with van der Waals surface area (Å²) in [7, 11) is 0. The van der Waals surface area contributed by atoms with Gasteiger partial charge in [0.1, 0.15) is 22.3 Å². The van der Waals surface area contributed by atoms with Crippen LogP contribution in [0.15, 0.2) is 112 Å². The Bertz CT molecular complexity index is 1820. The number of para-hydroxylation sites is 3. The van der Waals surface area contributed by atoms with Crippen LogP contribution in [-0.2, 0) is 0 Å². The molecule has 0 spiro atoms. The van der Waals surface area contributed by atoms with E-state index in [1.165, 1.54) is 0 Å². The van der Waals surface area contributed by atoms with Gasteiger partial charge < -0.3 is 8.83 Å². The molecule has 0 atom stereocenters. The van der Waals surface area contributed by atoms with Crippen LogP contribution in [0.4, 0.5) is 0 Å². The third kappa shape index (κ3) is 2.81. The first-order valence-corrected chi connectivity index (χ1v) is 11.3. The highest BCUT2D eigenvalue weighted by molar-refractivity contribution is 6.30. The molecule has 0 N–H and O–H groups in total. The molecule has 0 saturated heterocycles. The van der Waals surface area contributed by atoms with Crippen molar-refractivity contribution < 1.29 is 8.83 Å². The van der Waals surface area contributed by atoms with E-state index < -0.39 is 0 Å².